The first-order valence-corrected chi connectivity index (χ1v) is 9.03. The molecule has 1 fully saturated rings. The van der Waals surface area contributed by atoms with E-state index in [9.17, 15) is 14.4 Å². The van der Waals surface area contributed by atoms with E-state index in [4.69, 9.17) is 5.73 Å². The summed E-state index contributed by atoms with van der Waals surface area (Å²) in [5.41, 5.74) is 5.14. The molecule has 0 aliphatic carbocycles. The van der Waals surface area contributed by atoms with Gasteiger partial charge >= 0.3 is 0 Å². The number of carbonyl (C=O) groups excluding carboxylic acids is 2. The summed E-state index contributed by atoms with van der Waals surface area (Å²) in [5, 5.41) is 2.77. The van der Waals surface area contributed by atoms with Crippen LogP contribution < -0.4 is 16.6 Å². The minimum atomic E-state index is -0.429. The molecule has 0 bridgehead atoms. The van der Waals surface area contributed by atoms with Crippen LogP contribution in [0, 0.1) is 12.8 Å². The highest BCUT2D eigenvalue weighted by molar-refractivity contribution is 5.95. The molecule has 0 aromatic carbocycles. The van der Waals surface area contributed by atoms with E-state index >= 15 is 0 Å². The normalized spacial score (nSPS) is 17.9. The number of piperidine rings is 1. The Hall–Kier alpha value is -2.22. The van der Waals surface area contributed by atoms with E-state index in [1.807, 2.05) is 20.8 Å². The van der Waals surface area contributed by atoms with Gasteiger partial charge in [0, 0.05) is 31.6 Å². The first-order chi connectivity index (χ1) is 12.1. The Bertz CT molecular complexity index is 735. The Labute approximate surface area is 153 Å². The number of rotatable bonds is 4. The van der Waals surface area contributed by atoms with Crippen molar-refractivity contribution in [3.63, 3.8) is 0 Å². The molecule has 26 heavy (non-hydrogen) atoms. The molecule has 8 nitrogen and oxygen atoms in total. The third kappa shape index (κ3) is 4.49. The largest absolute Gasteiger partial charge is 0.355 e. The molecule has 0 radical (unpaired) electrons. The summed E-state index contributed by atoms with van der Waals surface area (Å²) in [6.07, 6.45) is 1.44. The van der Waals surface area contributed by atoms with E-state index in [2.05, 4.69) is 15.3 Å². The van der Waals surface area contributed by atoms with Gasteiger partial charge in [0.25, 0.3) is 11.5 Å². The molecule has 1 aromatic heterocycles. The van der Waals surface area contributed by atoms with Crippen molar-refractivity contribution in [1.29, 1.82) is 0 Å². The Morgan fingerprint density at radius 1 is 1.38 bits per heavy atom. The highest BCUT2D eigenvalue weighted by Gasteiger charge is 2.31. The van der Waals surface area contributed by atoms with Gasteiger partial charge in [-0.1, -0.05) is 20.8 Å². The fourth-order valence-electron chi connectivity index (χ4n) is 3.07. The van der Waals surface area contributed by atoms with Gasteiger partial charge in [-0.05, 0) is 19.8 Å². The third-order valence-corrected chi connectivity index (χ3v) is 4.55. The molecule has 8 heteroatoms. The van der Waals surface area contributed by atoms with Gasteiger partial charge in [0.2, 0.25) is 5.91 Å². The lowest BCUT2D eigenvalue weighted by molar-refractivity contribution is -0.126. The van der Waals surface area contributed by atoms with Crippen molar-refractivity contribution < 1.29 is 9.59 Å². The van der Waals surface area contributed by atoms with Gasteiger partial charge in [-0.2, -0.15) is 0 Å². The van der Waals surface area contributed by atoms with Crippen molar-refractivity contribution in [3.8, 4) is 0 Å². The van der Waals surface area contributed by atoms with Crippen molar-refractivity contribution >= 4 is 11.8 Å². The SMILES string of the molecule is Cc1nc(C(C)(C)C)[nH]c(=O)c1C(=O)N1CCCC(C(=O)NCCN)C1. The topological polar surface area (TPSA) is 121 Å². The summed E-state index contributed by atoms with van der Waals surface area (Å²) < 4.78 is 0. The van der Waals surface area contributed by atoms with Crippen LogP contribution in [0.2, 0.25) is 0 Å². The molecule has 2 rings (SSSR count). The summed E-state index contributed by atoms with van der Waals surface area (Å²) in [6, 6.07) is 0. The van der Waals surface area contributed by atoms with Crippen molar-refractivity contribution in [1.82, 2.24) is 20.2 Å². The summed E-state index contributed by atoms with van der Waals surface area (Å²) in [5.74, 6) is -0.192. The second-order valence-corrected chi connectivity index (χ2v) is 7.79. The molecule has 4 N–H and O–H groups in total. The molecule has 1 atom stereocenters. The number of amides is 2. The lowest BCUT2D eigenvalue weighted by Crippen LogP contribution is -2.47. The molecule has 2 amide bonds. The minimum Gasteiger partial charge on any atom is -0.355 e. The first-order valence-electron chi connectivity index (χ1n) is 9.03. The van der Waals surface area contributed by atoms with Crippen molar-refractivity contribution in [2.24, 2.45) is 11.7 Å². The van der Waals surface area contributed by atoms with Crippen molar-refractivity contribution in [2.45, 2.75) is 46.0 Å². The zero-order valence-electron chi connectivity index (χ0n) is 16.0. The van der Waals surface area contributed by atoms with Gasteiger partial charge in [0.05, 0.1) is 11.6 Å². The maximum Gasteiger partial charge on any atom is 0.264 e. The first kappa shape index (κ1) is 20.1. The van der Waals surface area contributed by atoms with Crippen LogP contribution in [-0.2, 0) is 10.2 Å². The van der Waals surface area contributed by atoms with E-state index in [1.165, 1.54) is 0 Å². The van der Waals surface area contributed by atoms with Gasteiger partial charge in [0.15, 0.2) is 0 Å². The molecule has 1 saturated heterocycles. The molecular formula is C18H29N5O3. The number of hydrogen-bond acceptors (Lipinski definition) is 5. The highest BCUT2D eigenvalue weighted by Crippen LogP contribution is 2.20. The summed E-state index contributed by atoms with van der Waals surface area (Å²) in [7, 11) is 0. The average Bonchev–Trinajstić information content (AvgIpc) is 2.58. The van der Waals surface area contributed by atoms with Crippen molar-refractivity contribution in [2.75, 3.05) is 26.2 Å². The van der Waals surface area contributed by atoms with Crippen LogP contribution in [0.4, 0.5) is 0 Å². The lowest BCUT2D eigenvalue weighted by atomic mass is 9.95. The molecule has 0 saturated carbocycles. The fourth-order valence-corrected chi connectivity index (χ4v) is 3.07. The standard InChI is InChI=1S/C18H29N5O3/c1-11-13(15(25)22-17(21-11)18(2,3)4)16(26)23-9-5-6-12(10-23)14(24)20-8-7-19/h12H,5-10,19H2,1-4H3,(H,20,24)(H,21,22,25). The van der Waals surface area contributed by atoms with Crippen LogP contribution in [0.3, 0.4) is 0 Å². The number of H-pyrrole nitrogens is 1. The predicted octanol–water partition coefficient (Wildman–Crippen LogP) is 0.303. The number of carbonyl (C=O) groups is 2. The van der Waals surface area contributed by atoms with Gasteiger partial charge in [-0.15, -0.1) is 0 Å². The maximum atomic E-state index is 12.9. The maximum absolute atomic E-state index is 12.9. The van der Waals surface area contributed by atoms with E-state index < -0.39 is 5.56 Å². The Morgan fingerprint density at radius 3 is 2.65 bits per heavy atom. The van der Waals surface area contributed by atoms with Crippen LogP contribution in [0.5, 0.6) is 0 Å². The van der Waals surface area contributed by atoms with E-state index in [0.717, 1.165) is 12.8 Å². The number of aryl methyl sites for hydroxylation is 1. The number of nitrogens with two attached hydrogens (primary N) is 1. The van der Waals surface area contributed by atoms with Crippen LogP contribution in [-0.4, -0.2) is 52.9 Å². The number of aromatic amines is 1. The lowest BCUT2D eigenvalue weighted by Gasteiger charge is -2.32. The molecule has 0 spiro atoms. The van der Waals surface area contributed by atoms with Crippen LogP contribution in [0.15, 0.2) is 4.79 Å². The van der Waals surface area contributed by atoms with Gasteiger partial charge < -0.3 is 20.9 Å². The van der Waals surface area contributed by atoms with E-state index in [-0.39, 0.29) is 28.7 Å². The minimum absolute atomic E-state index is 0.0565. The smallest absolute Gasteiger partial charge is 0.264 e. The van der Waals surface area contributed by atoms with Gasteiger partial charge in [-0.25, -0.2) is 4.98 Å². The summed E-state index contributed by atoms with van der Waals surface area (Å²) in [4.78, 5) is 46.3. The monoisotopic (exact) mass is 363 g/mol. The molecule has 1 aromatic rings. The number of nitrogens with one attached hydrogen (secondary N) is 2. The second kappa shape index (κ2) is 7.99. The zero-order valence-corrected chi connectivity index (χ0v) is 16.0. The van der Waals surface area contributed by atoms with E-state index in [0.29, 0.717) is 37.7 Å². The number of nitrogens with zero attached hydrogens (tertiary/aromatic N) is 2. The molecule has 1 aliphatic heterocycles. The highest BCUT2D eigenvalue weighted by atomic mass is 16.2. The van der Waals surface area contributed by atoms with Crippen LogP contribution >= 0.6 is 0 Å². The van der Waals surface area contributed by atoms with Gasteiger partial charge in [0.1, 0.15) is 11.4 Å². The number of aromatic nitrogens is 2. The van der Waals surface area contributed by atoms with Gasteiger partial charge in [-0.3, -0.25) is 14.4 Å². The Balaban J connectivity index is 2.21. The molecule has 1 aliphatic rings. The predicted molar refractivity (Wildman–Crippen MR) is 99.0 cm³/mol. The Morgan fingerprint density at radius 2 is 2.08 bits per heavy atom. The summed E-state index contributed by atoms with van der Waals surface area (Å²) >= 11 is 0. The van der Waals surface area contributed by atoms with Crippen molar-refractivity contribution in [3.05, 3.63) is 27.4 Å². The van der Waals surface area contributed by atoms with E-state index in [1.54, 1.807) is 11.8 Å². The molecule has 2 heterocycles. The van der Waals surface area contributed by atoms with Crippen LogP contribution in [0.25, 0.3) is 0 Å². The molecule has 144 valence electrons. The number of likely N-dealkylation sites (tertiary alicyclic amines) is 1. The quantitative estimate of drug-likeness (QED) is 0.710. The third-order valence-electron chi connectivity index (χ3n) is 4.55. The summed E-state index contributed by atoms with van der Waals surface area (Å²) in [6.45, 7) is 9.13. The fraction of sp³-hybridized carbons (Fsp3) is 0.667. The Kier molecular flexibility index (Phi) is 6.17. The van der Waals surface area contributed by atoms with Crippen LogP contribution in [0.1, 0.15) is 55.5 Å². The number of hydrogen-bond donors (Lipinski definition) is 3. The average molecular weight is 363 g/mol. The second-order valence-electron chi connectivity index (χ2n) is 7.79. The zero-order chi connectivity index (χ0) is 19.5. The molecule has 1 unspecified atom stereocenters. The molecular weight excluding hydrogens is 334 g/mol.